The summed E-state index contributed by atoms with van der Waals surface area (Å²) in [4.78, 5) is 44.0. The molecule has 0 bridgehead atoms. The monoisotopic (exact) mass is 493 g/mol. The number of hydrogen-bond acceptors (Lipinski definition) is 4. The number of fused-ring (bicyclic) bond motifs is 1. The average Bonchev–Trinajstić information content (AvgIpc) is 3.27. The van der Waals surface area contributed by atoms with Gasteiger partial charge in [-0.05, 0) is 29.5 Å². The first-order chi connectivity index (χ1) is 16.8. The van der Waals surface area contributed by atoms with E-state index in [0.29, 0.717) is 28.6 Å². The van der Waals surface area contributed by atoms with Crippen molar-refractivity contribution in [2.24, 2.45) is 5.92 Å². The van der Waals surface area contributed by atoms with E-state index in [9.17, 15) is 14.4 Å². The SMILES string of the molecule is CC(C)CCn1cnc2c1c(=O)n(CC(=O)NCc1ccccc1Cl)c(=O)n2Cc1ccccc1. The molecule has 4 rings (SSSR count). The zero-order valence-corrected chi connectivity index (χ0v) is 20.5. The quantitative estimate of drug-likeness (QED) is 0.387. The smallest absolute Gasteiger partial charge is 0.333 e. The standard InChI is InChI=1S/C26H28ClN5O3/c1-18(2)12-13-30-17-29-24-23(30)25(34)32(26(35)31(24)15-19-8-4-3-5-9-19)16-22(33)28-14-20-10-6-7-11-21(20)27/h3-11,17-18H,12-16H2,1-2H3,(H,28,33). The van der Waals surface area contributed by atoms with Gasteiger partial charge in [-0.25, -0.2) is 14.3 Å². The van der Waals surface area contributed by atoms with Crippen molar-refractivity contribution >= 4 is 28.7 Å². The van der Waals surface area contributed by atoms with Crippen molar-refractivity contribution in [2.45, 2.75) is 46.4 Å². The van der Waals surface area contributed by atoms with Crippen LogP contribution in [-0.2, 0) is 31.0 Å². The topological polar surface area (TPSA) is 90.9 Å². The summed E-state index contributed by atoms with van der Waals surface area (Å²) in [6, 6.07) is 16.6. The summed E-state index contributed by atoms with van der Waals surface area (Å²) in [6.07, 6.45) is 2.44. The fourth-order valence-corrected chi connectivity index (χ4v) is 4.09. The summed E-state index contributed by atoms with van der Waals surface area (Å²) < 4.78 is 4.22. The predicted octanol–water partition coefficient (Wildman–Crippen LogP) is 3.42. The molecule has 2 aromatic carbocycles. The van der Waals surface area contributed by atoms with Gasteiger partial charge in [-0.1, -0.05) is 74.0 Å². The van der Waals surface area contributed by atoms with Crippen molar-refractivity contribution < 1.29 is 4.79 Å². The average molecular weight is 494 g/mol. The summed E-state index contributed by atoms with van der Waals surface area (Å²) in [5.41, 5.74) is 1.18. The summed E-state index contributed by atoms with van der Waals surface area (Å²) in [5, 5.41) is 3.29. The van der Waals surface area contributed by atoms with E-state index in [-0.39, 0.29) is 13.1 Å². The second-order valence-corrected chi connectivity index (χ2v) is 9.31. The second-order valence-electron chi connectivity index (χ2n) is 8.91. The van der Waals surface area contributed by atoms with E-state index in [1.54, 1.807) is 29.1 Å². The number of aryl methyl sites for hydroxylation is 1. The lowest BCUT2D eigenvalue weighted by molar-refractivity contribution is -0.121. The zero-order chi connectivity index (χ0) is 24.9. The molecular formula is C26H28ClN5O3. The number of halogens is 1. The van der Waals surface area contributed by atoms with Crippen LogP contribution < -0.4 is 16.6 Å². The van der Waals surface area contributed by atoms with E-state index >= 15 is 0 Å². The number of amides is 1. The minimum absolute atomic E-state index is 0.194. The van der Waals surface area contributed by atoms with E-state index in [1.807, 2.05) is 36.4 Å². The van der Waals surface area contributed by atoms with Gasteiger partial charge in [0.25, 0.3) is 5.56 Å². The maximum Gasteiger partial charge on any atom is 0.333 e. The fraction of sp³-hybridized carbons (Fsp3) is 0.308. The molecule has 9 heteroatoms. The van der Waals surface area contributed by atoms with E-state index in [2.05, 4.69) is 24.1 Å². The number of carbonyl (C=O) groups is 1. The molecule has 8 nitrogen and oxygen atoms in total. The summed E-state index contributed by atoms with van der Waals surface area (Å²) in [7, 11) is 0. The van der Waals surface area contributed by atoms with Crippen molar-refractivity contribution in [1.29, 1.82) is 0 Å². The van der Waals surface area contributed by atoms with Gasteiger partial charge in [0, 0.05) is 18.1 Å². The van der Waals surface area contributed by atoms with Gasteiger partial charge in [0.2, 0.25) is 5.91 Å². The third kappa shape index (κ3) is 5.54. The first-order valence-corrected chi connectivity index (χ1v) is 12.0. The lowest BCUT2D eigenvalue weighted by Crippen LogP contribution is -2.44. The largest absolute Gasteiger partial charge is 0.350 e. The highest BCUT2D eigenvalue weighted by molar-refractivity contribution is 6.31. The molecule has 2 heterocycles. The number of imidazole rings is 1. The Morgan fingerprint density at radius 1 is 1.03 bits per heavy atom. The first-order valence-electron chi connectivity index (χ1n) is 11.6. The van der Waals surface area contributed by atoms with Crippen molar-refractivity contribution in [1.82, 2.24) is 24.0 Å². The maximum absolute atomic E-state index is 13.4. The Hall–Kier alpha value is -3.65. The molecular weight excluding hydrogens is 466 g/mol. The van der Waals surface area contributed by atoms with E-state index in [1.165, 1.54) is 4.57 Å². The Morgan fingerprint density at radius 3 is 2.46 bits per heavy atom. The molecule has 0 spiro atoms. The van der Waals surface area contributed by atoms with Crippen molar-refractivity contribution in [3.8, 4) is 0 Å². The number of nitrogens with zero attached hydrogens (tertiary/aromatic N) is 4. The first kappa shape index (κ1) is 24.5. The summed E-state index contributed by atoms with van der Waals surface area (Å²) in [6.45, 7) is 4.82. The van der Waals surface area contributed by atoms with Crippen molar-refractivity contribution in [3.63, 3.8) is 0 Å². The van der Waals surface area contributed by atoms with Crippen LogP contribution in [0.25, 0.3) is 11.2 Å². The molecule has 0 fully saturated rings. The number of benzene rings is 2. The minimum atomic E-state index is -0.576. The maximum atomic E-state index is 13.4. The van der Waals surface area contributed by atoms with Crippen LogP contribution in [0.1, 0.15) is 31.4 Å². The van der Waals surface area contributed by atoms with Crippen molar-refractivity contribution in [2.75, 3.05) is 0 Å². The van der Waals surface area contributed by atoms with E-state index < -0.39 is 23.7 Å². The molecule has 0 aliphatic carbocycles. The molecule has 0 aliphatic rings. The highest BCUT2D eigenvalue weighted by Gasteiger charge is 2.20. The summed E-state index contributed by atoms with van der Waals surface area (Å²) in [5.74, 6) is -0.0246. The van der Waals surface area contributed by atoms with Gasteiger partial charge >= 0.3 is 5.69 Å². The van der Waals surface area contributed by atoms with Gasteiger partial charge in [-0.2, -0.15) is 0 Å². The van der Waals surface area contributed by atoms with E-state index in [4.69, 9.17) is 11.6 Å². The number of rotatable bonds is 9. The second kappa shape index (κ2) is 10.7. The van der Waals surface area contributed by atoms with Crippen LogP contribution in [0.3, 0.4) is 0 Å². The highest BCUT2D eigenvalue weighted by Crippen LogP contribution is 2.14. The Balaban J connectivity index is 1.71. The van der Waals surface area contributed by atoms with Gasteiger partial charge in [0.05, 0.1) is 12.9 Å². The van der Waals surface area contributed by atoms with E-state index in [0.717, 1.165) is 22.1 Å². The number of nitrogens with one attached hydrogen (secondary N) is 1. The molecule has 0 atom stereocenters. The highest BCUT2D eigenvalue weighted by atomic mass is 35.5. The van der Waals surface area contributed by atoms with Crippen LogP contribution in [0.4, 0.5) is 0 Å². The zero-order valence-electron chi connectivity index (χ0n) is 19.8. The third-order valence-corrected chi connectivity index (χ3v) is 6.22. The molecule has 182 valence electrons. The summed E-state index contributed by atoms with van der Waals surface area (Å²) >= 11 is 6.17. The molecule has 1 amide bonds. The molecule has 35 heavy (non-hydrogen) atoms. The Kier molecular flexibility index (Phi) is 7.51. The Morgan fingerprint density at radius 2 is 1.74 bits per heavy atom. The number of hydrogen-bond donors (Lipinski definition) is 1. The predicted molar refractivity (Wildman–Crippen MR) is 137 cm³/mol. The number of carbonyl (C=O) groups excluding carboxylic acids is 1. The molecule has 0 saturated carbocycles. The van der Waals surface area contributed by atoms with Gasteiger partial charge in [0.15, 0.2) is 11.2 Å². The van der Waals surface area contributed by atoms with Crippen LogP contribution in [0.15, 0.2) is 70.5 Å². The molecule has 1 N–H and O–H groups in total. The Labute approximate surface area is 207 Å². The fourth-order valence-electron chi connectivity index (χ4n) is 3.89. The van der Waals surface area contributed by atoms with Crippen LogP contribution in [0.5, 0.6) is 0 Å². The minimum Gasteiger partial charge on any atom is -0.350 e. The van der Waals surface area contributed by atoms with Gasteiger partial charge in [-0.15, -0.1) is 0 Å². The van der Waals surface area contributed by atoms with Gasteiger partial charge in [-0.3, -0.25) is 14.2 Å². The number of aromatic nitrogens is 4. The molecule has 0 radical (unpaired) electrons. The molecule has 0 aliphatic heterocycles. The molecule has 0 saturated heterocycles. The van der Waals surface area contributed by atoms with Crippen LogP contribution in [0, 0.1) is 5.92 Å². The lowest BCUT2D eigenvalue weighted by atomic mass is 10.1. The normalized spacial score (nSPS) is 11.3. The van der Waals surface area contributed by atoms with Crippen LogP contribution in [-0.4, -0.2) is 24.6 Å². The van der Waals surface area contributed by atoms with Crippen molar-refractivity contribution in [3.05, 3.63) is 97.9 Å². The van der Waals surface area contributed by atoms with Crippen LogP contribution in [0.2, 0.25) is 5.02 Å². The third-order valence-electron chi connectivity index (χ3n) is 5.85. The van der Waals surface area contributed by atoms with Gasteiger partial charge < -0.3 is 9.88 Å². The molecule has 0 unspecified atom stereocenters. The molecule has 4 aromatic rings. The molecule has 2 aromatic heterocycles. The Bertz CT molecular complexity index is 1450. The van der Waals surface area contributed by atoms with Crippen LogP contribution >= 0.6 is 11.6 Å². The lowest BCUT2D eigenvalue weighted by Gasteiger charge is -2.13. The van der Waals surface area contributed by atoms with Gasteiger partial charge in [0.1, 0.15) is 6.54 Å².